The van der Waals surface area contributed by atoms with E-state index in [1.165, 1.54) is 32.1 Å². The summed E-state index contributed by atoms with van der Waals surface area (Å²) in [6.45, 7) is 6.86. The molecule has 1 aliphatic carbocycles. The largest absolute Gasteiger partial charge is 0.129 e. The fourth-order valence-electron chi connectivity index (χ4n) is 1.77. The third kappa shape index (κ3) is 5.29. The van der Waals surface area contributed by atoms with E-state index in [1.807, 2.05) is 0 Å². The Bertz CT molecular complexity index is 241. The predicted octanol–water partition coefficient (Wildman–Crippen LogP) is 4.00. The lowest BCUT2D eigenvalue weighted by Crippen LogP contribution is -2.16. The summed E-state index contributed by atoms with van der Waals surface area (Å²) in [4.78, 5) is 0. The highest BCUT2D eigenvalue weighted by Gasteiger charge is 2.09. The smallest absolute Gasteiger partial charge is 0.127 e. The molecule has 0 spiro atoms. The Kier molecular flexibility index (Phi) is 4.48. The maximum Gasteiger partial charge on any atom is 0.129 e. The highest BCUT2D eigenvalue weighted by atomic mass is 28.3. The lowest BCUT2D eigenvalue weighted by atomic mass is 9.89. The summed E-state index contributed by atoms with van der Waals surface area (Å²) in [7, 11) is -1.16. The average Bonchev–Trinajstić information content (AvgIpc) is 2.13. The van der Waals surface area contributed by atoms with E-state index in [-0.39, 0.29) is 0 Å². The van der Waals surface area contributed by atoms with Gasteiger partial charge in [-0.3, -0.25) is 0 Å². The Morgan fingerprint density at radius 2 is 1.71 bits per heavy atom. The third-order valence-corrected chi connectivity index (χ3v) is 3.44. The second kappa shape index (κ2) is 5.41. The molecule has 0 bridgehead atoms. The van der Waals surface area contributed by atoms with Gasteiger partial charge in [0.25, 0.3) is 0 Å². The second-order valence-corrected chi connectivity index (χ2v) is 10.0. The van der Waals surface area contributed by atoms with Crippen LogP contribution in [0.1, 0.15) is 32.1 Å². The molecular weight excluding hydrogens is 184 g/mol. The Morgan fingerprint density at radius 3 is 2.29 bits per heavy atom. The van der Waals surface area contributed by atoms with E-state index in [9.17, 15) is 0 Å². The molecule has 0 heterocycles. The van der Waals surface area contributed by atoms with Gasteiger partial charge in [0.15, 0.2) is 0 Å². The fraction of sp³-hybridized carbons (Fsp3) is 0.692. The van der Waals surface area contributed by atoms with Crippen LogP contribution in [0.25, 0.3) is 0 Å². The van der Waals surface area contributed by atoms with E-state index in [0.29, 0.717) is 0 Å². The molecule has 14 heavy (non-hydrogen) atoms. The quantitative estimate of drug-likeness (QED) is 0.449. The van der Waals surface area contributed by atoms with Crippen molar-refractivity contribution in [3.8, 4) is 11.5 Å². The minimum absolute atomic E-state index is 0.819. The Balaban J connectivity index is 2.34. The van der Waals surface area contributed by atoms with Crippen LogP contribution in [0.3, 0.4) is 0 Å². The van der Waals surface area contributed by atoms with Crippen LogP contribution in [-0.4, -0.2) is 8.07 Å². The average molecular weight is 206 g/mol. The molecule has 1 heteroatoms. The van der Waals surface area contributed by atoms with E-state index in [0.717, 1.165) is 5.92 Å². The standard InChI is InChI=1S/C13H22Si/c1-14(2,3)12-8-7-11-13-9-5-4-6-10-13/h7,11,13H,4-6,9-10H2,1-3H3/b11-7+. The Hall–Kier alpha value is -0.483. The molecular formula is C13H22Si. The zero-order valence-corrected chi connectivity index (χ0v) is 10.8. The topological polar surface area (TPSA) is 0 Å². The van der Waals surface area contributed by atoms with Crippen molar-refractivity contribution in [3.05, 3.63) is 12.2 Å². The molecule has 78 valence electrons. The molecule has 0 atom stereocenters. The Morgan fingerprint density at radius 1 is 1.07 bits per heavy atom. The molecule has 0 radical (unpaired) electrons. The van der Waals surface area contributed by atoms with Gasteiger partial charge in [-0.1, -0.05) is 50.9 Å². The van der Waals surface area contributed by atoms with E-state index >= 15 is 0 Å². The van der Waals surface area contributed by atoms with E-state index in [2.05, 4.69) is 43.3 Å². The van der Waals surface area contributed by atoms with Crippen molar-refractivity contribution < 1.29 is 0 Å². The summed E-state index contributed by atoms with van der Waals surface area (Å²) >= 11 is 0. The predicted molar refractivity (Wildman–Crippen MR) is 66.8 cm³/mol. The van der Waals surface area contributed by atoms with Crippen LogP contribution in [0.2, 0.25) is 19.6 Å². The minimum Gasteiger partial charge on any atom is -0.127 e. The molecule has 0 amide bonds. The van der Waals surface area contributed by atoms with Crippen LogP contribution < -0.4 is 0 Å². The first-order chi connectivity index (χ1) is 6.58. The number of rotatable bonds is 1. The lowest BCUT2D eigenvalue weighted by Gasteiger charge is -2.17. The number of hydrogen-bond donors (Lipinski definition) is 0. The monoisotopic (exact) mass is 206 g/mol. The van der Waals surface area contributed by atoms with Gasteiger partial charge in [0.2, 0.25) is 0 Å². The van der Waals surface area contributed by atoms with Crippen LogP contribution in [-0.2, 0) is 0 Å². The summed E-state index contributed by atoms with van der Waals surface area (Å²) in [5.74, 6) is 4.02. The van der Waals surface area contributed by atoms with Crippen LogP contribution in [0.5, 0.6) is 0 Å². The number of allylic oxidation sites excluding steroid dienone is 2. The number of hydrogen-bond acceptors (Lipinski definition) is 0. The van der Waals surface area contributed by atoms with Crippen LogP contribution >= 0.6 is 0 Å². The summed E-state index contributed by atoms with van der Waals surface area (Å²) in [6.07, 6.45) is 11.4. The molecule has 1 fully saturated rings. The van der Waals surface area contributed by atoms with Crippen LogP contribution in [0, 0.1) is 17.4 Å². The highest BCUT2D eigenvalue weighted by Crippen LogP contribution is 2.24. The molecule has 0 aromatic heterocycles. The van der Waals surface area contributed by atoms with Crippen molar-refractivity contribution >= 4 is 8.07 Å². The van der Waals surface area contributed by atoms with Crippen molar-refractivity contribution in [2.45, 2.75) is 51.7 Å². The maximum atomic E-state index is 3.36. The van der Waals surface area contributed by atoms with Gasteiger partial charge in [0.05, 0.1) is 0 Å². The van der Waals surface area contributed by atoms with Crippen LogP contribution in [0.4, 0.5) is 0 Å². The molecule has 0 unspecified atom stereocenters. The van der Waals surface area contributed by atoms with Gasteiger partial charge in [-0.25, -0.2) is 0 Å². The van der Waals surface area contributed by atoms with Crippen molar-refractivity contribution in [2.24, 2.45) is 5.92 Å². The zero-order valence-electron chi connectivity index (χ0n) is 9.77. The molecule has 0 aromatic rings. The van der Waals surface area contributed by atoms with Crippen molar-refractivity contribution in [1.82, 2.24) is 0 Å². The van der Waals surface area contributed by atoms with Gasteiger partial charge in [-0.2, -0.15) is 0 Å². The SMILES string of the molecule is C[Si](C)(C)C#C/C=C/C1CCCCC1. The first-order valence-corrected chi connectivity index (χ1v) is 9.27. The molecule has 0 N–H and O–H groups in total. The molecule has 0 aromatic carbocycles. The van der Waals surface area contributed by atoms with Crippen LogP contribution in [0.15, 0.2) is 12.2 Å². The van der Waals surface area contributed by atoms with E-state index < -0.39 is 8.07 Å². The summed E-state index contributed by atoms with van der Waals surface area (Å²) in [6, 6.07) is 0. The maximum absolute atomic E-state index is 3.36. The van der Waals surface area contributed by atoms with Crippen molar-refractivity contribution in [2.75, 3.05) is 0 Å². The molecule has 1 saturated carbocycles. The molecule has 1 aliphatic rings. The summed E-state index contributed by atoms with van der Waals surface area (Å²) in [5, 5.41) is 0. The first-order valence-electron chi connectivity index (χ1n) is 5.77. The van der Waals surface area contributed by atoms with E-state index in [4.69, 9.17) is 0 Å². The van der Waals surface area contributed by atoms with Gasteiger partial charge >= 0.3 is 0 Å². The second-order valence-electron chi connectivity index (χ2n) is 5.28. The van der Waals surface area contributed by atoms with Gasteiger partial charge in [-0.05, 0) is 24.8 Å². The fourth-order valence-corrected chi connectivity index (χ4v) is 2.29. The first kappa shape index (κ1) is 11.6. The summed E-state index contributed by atoms with van der Waals surface area (Å²) < 4.78 is 0. The normalized spacial score (nSPS) is 19.4. The van der Waals surface area contributed by atoms with Gasteiger partial charge in [-0.15, -0.1) is 5.54 Å². The third-order valence-electron chi connectivity index (χ3n) is 2.55. The molecule has 1 rings (SSSR count). The Labute approximate surface area is 89.8 Å². The van der Waals surface area contributed by atoms with Gasteiger partial charge in [0, 0.05) is 0 Å². The van der Waals surface area contributed by atoms with E-state index in [1.54, 1.807) is 0 Å². The summed E-state index contributed by atoms with van der Waals surface area (Å²) in [5.41, 5.74) is 3.36. The zero-order chi connectivity index (χ0) is 10.4. The minimum atomic E-state index is -1.16. The molecule has 0 aliphatic heterocycles. The highest BCUT2D eigenvalue weighted by molar-refractivity contribution is 6.83. The van der Waals surface area contributed by atoms with Crippen molar-refractivity contribution in [3.63, 3.8) is 0 Å². The lowest BCUT2D eigenvalue weighted by molar-refractivity contribution is 0.419. The van der Waals surface area contributed by atoms with Gasteiger partial charge in [0.1, 0.15) is 8.07 Å². The van der Waals surface area contributed by atoms with Crippen molar-refractivity contribution in [1.29, 1.82) is 0 Å². The van der Waals surface area contributed by atoms with Gasteiger partial charge < -0.3 is 0 Å². The molecule has 0 nitrogen and oxygen atoms in total. The molecule has 0 saturated heterocycles.